The number of carbonyl (C=O) groups is 1. The molecule has 0 spiro atoms. The maximum absolute atomic E-state index is 13.5. The van der Waals surface area contributed by atoms with Crippen LogP contribution >= 0.6 is 0 Å². The van der Waals surface area contributed by atoms with Gasteiger partial charge in [-0.3, -0.25) is 4.79 Å². The Balaban J connectivity index is 1.78. The average molecular weight is 357 g/mol. The molecular formula is C24H20FNO. The Labute approximate surface area is 157 Å². The van der Waals surface area contributed by atoms with Crippen molar-refractivity contribution >= 4 is 22.4 Å². The van der Waals surface area contributed by atoms with Crippen LogP contribution in [0.5, 0.6) is 0 Å². The van der Waals surface area contributed by atoms with Gasteiger partial charge in [0, 0.05) is 18.5 Å². The molecule has 134 valence electrons. The van der Waals surface area contributed by atoms with Gasteiger partial charge in [-0.2, -0.15) is 0 Å². The minimum atomic E-state index is -0.253. The molecule has 2 aliphatic rings. The molecule has 0 N–H and O–H groups in total. The number of fused-ring (bicyclic) bond motifs is 5. The summed E-state index contributed by atoms with van der Waals surface area (Å²) in [5.41, 5.74) is 3.20. The third-order valence-corrected chi connectivity index (χ3v) is 5.99. The van der Waals surface area contributed by atoms with Gasteiger partial charge in [0.05, 0.1) is 6.04 Å². The first-order valence-corrected chi connectivity index (χ1v) is 9.39. The van der Waals surface area contributed by atoms with Crippen LogP contribution in [0.4, 0.5) is 10.1 Å². The van der Waals surface area contributed by atoms with Crippen LogP contribution in [0.15, 0.2) is 72.8 Å². The number of hydrogen-bond donors (Lipinski definition) is 0. The molecule has 0 saturated carbocycles. The molecule has 2 nitrogen and oxygen atoms in total. The largest absolute Gasteiger partial charge is 0.305 e. The van der Waals surface area contributed by atoms with E-state index in [1.807, 2.05) is 23.1 Å². The van der Waals surface area contributed by atoms with Gasteiger partial charge in [-0.25, -0.2) is 4.39 Å². The highest BCUT2D eigenvalue weighted by Gasteiger charge is 2.44. The molecule has 3 aromatic carbocycles. The zero-order valence-corrected chi connectivity index (χ0v) is 15.1. The molecule has 0 bridgehead atoms. The first kappa shape index (κ1) is 16.2. The Bertz CT molecular complexity index is 1070. The van der Waals surface area contributed by atoms with Crippen molar-refractivity contribution in [2.75, 3.05) is 4.90 Å². The Morgan fingerprint density at radius 3 is 2.59 bits per heavy atom. The topological polar surface area (TPSA) is 20.3 Å². The normalized spacial score (nSPS) is 23.3. The van der Waals surface area contributed by atoms with E-state index in [2.05, 4.69) is 42.5 Å². The summed E-state index contributed by atoms with van der Waals surface area (Å²) in [4.78, 5) is 14.7. The van der Waals surface area contributed by atoms with Gasteiger partial charge in [0.1, 0.15) is 5.82 Å². The standard InChI is InChI=1S/C24H20FNO/c1-15(27)26-22-14-11-16-5-2-3-6-19(16)23(22)20-7-4-8-21(20)24(26)17-9-12-18(25)13-10-17/h2-7,9-14,20-21,24H,8H2,1H3. The SMILES string of the molecule is CC(=O)N1c2ccc3ccccc3c2C2C=CCC2C1c1ccc(F)cc1. The van der Waals surface area contributed by atoms with Crippen molar-refractivity contribution in [2.24, 2.45) is 5.92 Å². The summed E-state index contributed by atoms with van der Waals surface area (Å²) in [7, 11) is 0. The van der Waals surface area contributed by atoms with Gasteiger partial charge in [0.2, 0.25) is 5.91 Å². The van der Waals surface area contributed by atoms with Gasteiger partial charge in [0.15, 0.2) is 0 Å². The number of amides is 1. The van der Waals surface area contributed by atoms with Crippen LogP contribution in [0.3, 0.4) is 0 Å². The molecule has 1 aliphatic carbocycles. The summed E-state index contributed by atoms with van der Waals surface area (Å²) < 4.78 is 13.5. The molecule has 1 amide bonds. The van der Waals surface area contributed by atoms with Crippen LogP contribution in [0.25, 0.3) is 10.8 Å². The first-order valence-electron chi connectivity index (χ1n) is 9.39. The highest BCUT2D eigenvalue weighted by Crippen LogP contribution is 2.54. The molecule has 0 saturated heterocycles. The van der Waals surface area contributed by atoms with Crippen molar-refractivity contribution in [1.82, 2.24) is 0 Å². The highest BCUT2D eigenvalue weighted by molar-refractivity contribution is 6.00. The van der Waals surface area contributed by atoms with Crippen molar-refractivity contribution < 1.29 is 9.18 Å². The smallest absolute Gasteiger partial charge is 0.224 e. The fourth-order valence-electron chi connectivity index (χ4n) is 4.91. The van der Waals surface area contributed by atoms with Crippen LogP contribution < -0.4 is 4.90 Å². The molecule has 3 unspecified atom stereocenters. The summed E-state index contributed by atoms with van der Waals surface area (Å²) in [6, 6.07) is 19.0. The molecule has 3 aromatic rings. The van der Waals surface area contributed by atoms with Crippen LogP contribution in [0.1, 0.15) is 36.4 Å². The Morgan fingerprint density at radius 1 is 1.04 bits per heavy atom. The lowest BCUT2D eigenvalue weighted by atomic mass is 9.74. The average Bonchev–Trinajstić information content (AvgIpc) is 3.16. The lowest BCUT2D eigenvalue weighted by Crippen LogP contribution is -2.42. The van der Waals surface area contributed by atoms with E-state index in [1.165, 1.54) is 28.5 Å². The van der Waals surface area contributed by atoms with Crippen LogP contribution in [-0.4, -0.2) is 5.91 Å². The zero-order chi connectivity index (χ0) is 18.5. The number of hydrogen-bond acceptors (Lipinski definition) is 1. The third kappa shape index (κ3) is 2.42. The van der Waals surface area contributed by atoms with Crippen LogP contribution in [0, 0.1) is 11.7 Å². The van der Waals surface area contributed by atoms with E-state index in [0.29, 0.717) is 0 Å². The van der Waals surface area contributed by atoms with E-state index in [1.54, 1.807) is 6.92 Å². The molecule has 0 aromatic heterocycles. The number of rotatable bonds is 1. The molecular weight excluding hydrogens is 337 g/mol. The van der Waals surface area contributed by atoms with E-state index in [-0.39, 0.29) is 29.6 Å². The zero-order valence-electron chi connectivity index (χ0n) is 15.1. The van der Waals surface area contributed by atoms with Crippen LogP contribution in [0.2, 0.25) is 0 Å². The second-order valence-electron chi connectivity index (χ2n) is 7.46. The van der Waals surface area contributed by atoms with Gasteiger partial charge < -0.3 is 4.90 Å². The lowest BCUT2D eigenvalue weighted by molar-refractivity contribution is -0.117. The van der Waals surface area contributed by atoms with E-state index in [9.17, 15) is 9.18 Å². The Kier molecular flexibility index (Phi) is 3.64. The summed E-state index contributed by atoms with van der Waals surface area (Å²) in [6.45, 7) is 1.62. The number of carbonyl (C=O) groups excluding carboxylic acids is 1. The summed E-state index contributed by atoms with van der Waals surface area (Å²) in [5, 5.41) is 2.40. The number of anilines is 1. The minimum absolute atomic E-state index is 0.0196. The second-order valence-corrected chi connectivity index (χ2v) is 7.46. The Hall–Kier alpha value is -2.94. The summed E-state index contributed by atoms with van der Waals surface area (Å²) in [5.74, 6) is 0.289. The molecule has 3 heteroatoms. The maximum Gasteiger partial charge on any atom is 0.224 e. The van der Waals surface area contributed by atoms with E-state index in [0.717, 1.165) is 17.7 Å². The predicted octanol–water partition coefficient (Wildman–Crippen LogP) is 5.75. The fraction of sp³-hybridized carbons (Fsp3) is 0.208. The molecule has 27 heavy (non-hydrogen) atoms. The molecule has 1 heterocycles. The number of halogens is 1. The monoisotopic (exact) mass is 357 g/mol. The van der Waals surface area contributed by atoms with Crippen molar-refractivity contribution in [3.8, 4) is 0 Å². The minimum Gasteiger partial charge on any atom is -0.305 e. The molecule has 5 rings (SSSR count). The number of allylic oxidation sites excluding steroid dienone is 2. The first-order chi connectivity index (χ1) is 13.1. The number of nitrogens with zero attached hydrogens (tertiary/aromatic N) is 1. The summed E-state index contributed by atoms with van der Waals surface area (Å²) >= 11 is 0. The van der Waals surface area contributed by atoms with Gasteiger partial charge in [-0.15, -0.1) is 0 Å². The highest BCUT2D eigenvalue weighted by atomic mass is 19.1. The quantitative estimate of drug-likeness (QED) is 0.508. The van der Waals surface area contributed by atoms with E-state index in [4.69, 9.17) is 0 Å². The van der Waals surface area contributed by atoms with Crippen molar-refractivity contribution in [1.29, 1.82) is 0 Å². The molecule has 0 fully saturated rings. The van der Waals surface area contributed by atoms with Gasteiger partial charge in [-0.1, -0.05) is 54.6 Å². The van der Waals surface area contributed by atoms with Crippen molar-refractivity contribution in [3.05, 3.63) is 89.8 Å². The van der Waals surface area contributed by atoms with Crippen molar-refractivity contribution in [2.45, 2.75) is 25.3 Å². The summed E-state index contributed by atoms with van der Waals surface area (Å²) in [6.07, 6.45) is 5.42. The fourth-order valence-corrected chi connectivity index (χ4v) is 4.91. The van der Waals surface area contributed by atoms with Gasteiger partial charge in [0.25, 0.3) is 0 Å². The molecule has 3 atom stereocenters. The lowest BCUT2D eigenvalue weighted by Gasteiger charge is -2.44. The Morgan fingerprint density at radius 2 is 1.81 bits per heavy atom. The van der Waals surface area contributed by atoms with Gasteiger partial charge in [-0.05, 0) is 52.4 Å². The van der Waals surface area contributed by atoms with Crippen LogP contribution in [-0.2, 0) is 4.79 Å². The van der Waals surface area contributed by atoms with E-state index < -0.39 is 0 Å². The van der Waals surface area contributed by atoms with Crippen molar-refractivity contribution in [3.63, 3.8) is 0 Å². The number of benzene rings is 3. The second kappa shape index (κ2) is 6.05. The van der Waals surface area contributed by atoms with E-state index >= 15 is 0 Å². The molecule has 0 radical (unpaired) electrons. The third-order valence-electron chi connectivity index (χ3n) is 5.99. The maximum atomic E-state index is 13.5. The van der Waals surface area contributed by atoms with Gasteiger partial charge >= 0.3 is 0 Å². The predicted molar refractivity (Wildman–Crippen MR) is 106 cm³/mol. The molecule has 1 aliphatic heterocycles.